The topological polar surface area (TPSA) is 88.2 Å². The number of hydrazine groups is 1. The van der Waals surface area contributed by atoms with Crippen LogP contribution in [0, 0.1) is 0 Å². The van der Waals surface area contributed by atoms with Crippen molar-refractivity contribution in [2.24, 2.45) is 5.84 Å². The molecule has 0 unspecified atom stereocenters. The largest absolute Gasteiger partial charge is 0.478 e. The van der Waals surface area contributed by atoms with Crippen molar-refractivity contribution in [2.75, 3.05) is 5.43 Å². The number of nitrogen functional groups attached to an aromatic ring is 1. The van der Waals surface area contributed by atoms with E-state index < -0.39 is 5.97 Å². The number of thiazole rings is 1. The van der Waals surface area contributed by atoms with Crippen LogP contribution in [0.15, 0.2) is 29.6 Å². The van der Waals surface area contributed by atoms with Crippen LogP contribution in [0.25, 0.3) is 11.3 Å². The maximum absolute atomic E-state index is 10.7. The van der Waals surface area contributed by atoms with E-state index >= 15 is 0 Å². The predicted octanol–water partition coefficient (Wildman–Crippen LogP) is 1.79. The number of aromatic carboxylic acids is 1. The summed E-state index contributed by atoms with van der Waals surface area (Å²) in [6.45, 7) is 0. The van der Waals surface area contributed by atoms with Gasteiger partial charge < -0.3 is 5.11 Å². The highest BCUT2D eigenvalue weighted by molar-refractivity contribution is 7.14. The Hall–Kier alpha value is -1.92. The van der Waals surface area contributed by atoms with E-state index in [2.05, 4.69) is 10.4 Å². The quantitative estimate of drug-likeness (QED) is 0.557. The van der Waals surface area contributed by atoms with E-state index in [1.54, 1.807) is 24.3 Å². The van der Waals surface area contributed by atoms with Crippen LogP contribution in [0.1, 0.15) is 10.4 Å². The Bertz CT molecular complexity index is 507. The molecular formula is C10H9N3O2S. The van der Waals surface area contributed by atoms with Gasteiger partial charge in [0.25, 0.3) is 0 Å². The van der Waals surface area contributed by atoms with Crippen LogP contribution < -0.4 is 11.3 Å². The molecule has 0 spiro atoms. The van der Waals surface area contributed by atoms with Crippen molar-refractivity contribution in [3.63, 3.8) is 0 Å². The lowest BCUT2D eigenvalue weighted by Gasteiger charge is -1.97. The fraction of sp³-hybridized carbons (Fsp3) is 0. The fourth-order valence-corrected chi connectivity index (χ4v) is 1.89. The lowest BCUT2D eigenvalue weighted by Crippen LogP contribution is -2.05. The van der Waals surface area contributed by atoms with Gasteiger partial charge in [-0.05, 0) is 12.1 Å². The molecule has 82 valence electrons. The molecule has 0 aliphatic carbocycles. The van der Waals surface area contributed by atoms with Gasteiger partial charge >= 0.3 is 5.97 Å². The van der Waals surface area contributed by atoms with Gasteiger partial charge in [-0.15, -0.1) is 11.3 Å². The Balaban J connectivity index is 2.30. The summed E-state index contributed by atoms with van der Waals surface area (Å²) < 4.78 is 0. The Morgan fingerprint density at radius 2 is 2.06 bits per heavy atom. The molecular weight excluding hydrogens is 226 g/mol. The molecule has 0 atom stereocenters. The van der Waals surface area contributed by atoms with Crippen LogP contribution in [0.4, 0.5) is 5.13 Å². The first-order valence-corrected chi connectivity index (χ1v) is 5.34. The molecule has 16 heavy (non-hydrogen) atoms. The molecule has 4 N–H and O–H groups in total. The van der Waals surface area contributed by atoms with Crippen molar-refractivity contribution in [1.82, 2.24) is 4.98 Å². The minimum Gasteiger partial charge on any atom is -0.478 e. The zero-order valence-electron chi connectivity index (χ0n) is 8.18. The number of anilines is 1. The number of benzene rings is 1. The number of carboxylic acids is 1. The fourth-order valence-electron chi connectivity index (χ4n) is 1.26. The summed E-state index contributed by atoms with van der Waals surface area (Å²) in [7, 11) is 0. The second-order valence-electron chi connectivity index (χ2n) is 3.06. The van der Waals surface area contributed by atoms with Gasteiger partial charge in [0.1, 0.15) is 0 Å². The molecule has 5 nitrogen and oxygen atoms in total. The number of rotatable bonds is 3. The van der Waals surface area contributed by atoms with Crippen LogP contribution in [0.5, 0.6) is 0 Å². The summed E-state index contributed by atoms with van der Waals surface area (Å²) in [5.74, 6) is 4.29. The standard InChI is InChI=1S/C10H9N3O2S/c11-13-10-12-8(5-16-10)6-1-3-7(4-2-6)9(14)15/h1-5H,11H2,(H,12,13)(H,14,15). The van der Waals surface area contributed by atoms with Crippen molar-refractivity contribution < 1.29 is 9.90 Å². The maximum Gasteiger partial charge on any atom is 0.335 e. The number of carbonyl (C=O) groups is 1. The van der Waals surface area contributed by atoms with Gasteiger partial charge in [0.15, 0.2) is 5.13 Å². The van der Waals surface area contributed by atoms with Gasteiger partial charge in [0.05, 0.1) is 11.3 Å². The van der Waals surface area contributed by atoms with Crippen molar-refractivity contribution in [3.05, 3.63) is 35.2 Å². The molecule has 0 amide bonds. The van der Waals surface area contributed by atoms with Gasteiger partial charge in [0, 0.05) is 10.9 Å². The zero-order valence-corrected chi connectivity index (χ0v) is 8.99. The Kier molecular flexibility index (Phi) is 2.84. The molecule has 2 aromatic rings. The highest BCUT2D eigenvalue weighted by Gasteiger charge is 2.05. The zero-order chi connectivity index (χ0) is 11.5. The molecule has 0 saturated carbocycles. The molecule has 2 rings (SSSR count). The van der Waals surface area contributed by atoms with Crippen molar-refractivity contribution in [2.45, 2.75) is 0 Å². The minimum absolute atomic E-state index is 0.260. The van der Waals surface area contributed by atoms with Crippen LogP contribution in [-0.4, -0.2) is 16.1 Å². The molecule has 1 aromatic carbocycles. The molecule has 0 aliphatic rings. The third-order valence-corrected chi connectivity index (χ3v) is 2.83. The third kappa shape index (κ3) is 2.02. The lowest BCUT2D eigenvalue weighted by molar-refractivity contribution is 0.0697. The highest BCUT2D eigenvalue weighted by atomic mass is 32.1. The molecule has 0 radical (unpaired) electrons. The SMILES string of the molecule is NNc1nc(-c2ccc(C(=O)O)cc2)cs1. The predicted molar refractivity (Wildman–Crippen MR) is 62.3 cm³/mol. The Morgan fingerprint density at radius 3 is 2.56 bits per heavy atom. The number of nitrogens with two attached hydrogens (primary N) is 1. The molecule has 0 aliphatic heterocycles. The highest BCUT2D eigenvalue weighted by Crippen LogP contribution is 2.24. The Labute approximate surface area is 95.5 Å². The number of hydrogen-bond donors (Lipinski definition) is 3. The van der Waals surface area contributed by atoms with Gasteiger partial charge in [0.2, 0.25) is 0 Å². The maximum atomic E-state index is 10.7. The first-order valence-electron chi connectivity index (χ1n) is 4.46. The third-order valence-electron chi connectivity index (χ3n) is 2.06. The number of nitrogens with zero attached hydrogens (tertiary/aromatic N) is 1. The molecule has 1 aromatic heterocycles. The number of nitrogens with one attached hydrogen (secondary N) is 1. The van der Waals surface area contributed by atoms with Crippen LogP contribution in [0.3, 0.4) is 0 Å². The summed E-state index contributed by atoms with van der Waals surface area (Å²) >= 11 is 1.39. The van der Waals surface area contributed by atoms with E-state index in [4.69, 9.17) is 10.9 Å². The molecule has 6 heteroatoms. The number of carboxylic acid groups (broad SMARTS) is 1. The summed E-state index contributed by atoms with van der Waals surface area (Å²) in [5.41, 5.74) is 4.36. The van der Waals surface area contributed by atoms with Crippen molar-refractivity contribution >= 4 is 22.4 Å². The molecule has 0 saturated heterocycles. The lowest BCUT2D eigenvalue weighted by atomic mass is 10.1. The van der Waals surface area contributed by atoms with Crippen LogP contribution >= 0.6 is 11.3 Å². The normalized spacial score (nSPS) is 10.1. The second-order valence-corrected chi connectivity index (χ2v) is 3.92. The van der Waals surface area contributed by atoms with E-state index in [1.807, 2.05) is 5.38 Å². The average Bonchev–Trinajstić information content (AvgIpc) is 2.77. The number of hydrogen-bond acceptors (Lipinski definition) is 5. The molecule has 1 heterocycles. The van der Waals surface area contributed by atoms with E-state index in [-0.39, 0.29) is 5.56 Å². The first-order chi connectivity index (χ1) is 7.70. The number of aromatic nitrogens is 1. The molecule has 0 fully saturated rings. The van der Waals surface area contributed by atoms with E-state index in [9.17, 15) is 4.79 Å². The van der Waals surface area contributed by atoms with E-state index in [1.165, 1.54) is 11.3 Å². The van der Waals surface area contributed by atoms with Crippen molar-refractivity contribution in [1.29, 1.82) is 0 Å². The van der Waals surface area contributed by atoms with Gasteiger partial charge in [-0.2, -0.15) is 0 Å². The summed E-state index contributed by atoms with van der Waals surface area (Å²) in [6.07, 6.45) is 0. The monoisotopic (exact) mass is 235 g/mol. The second kappa shape index (κ2) is 4.30. The summed E-state index contributed by atoms with van der Waals surface area (Å²) in [5, 5.41) is 11.2. The summed E-state index contributed by atoms with van der Waals surface area (Å²) in [4.78, 5) is 14.9. The van der Waals surface area contributed by atoms with Crippen molar-refractivity contribution in [3.8, 4) is 11.3 Å². The molecule has 0 bridgehead atoms. The van der Waals surface area contributed by atoms with Crippen LogP contribution in [0.2, 0.25) is 0 Å². The smallest absolute Gasteiger partial charge is 0.335 e. The first kappa shape index (κ1) is 10.6. The van der Waals surface area contributed by atoms with Crippen LogP contribution in [-0.2, 0) is 0 Å². The van der Waals surface area contributed by atoms with Gasteiger partial charge in [-0.25, -0.2) is 15.6 Å². The minimum atomic E-state index is -0.936. The van der Waals surface area contributed by atoms with Gasteiger partial charge in [-0.1, -0.05) is 12.1 Å². The van der Waals surface area contributed by atoms with E-state index in [0.29, 0.717) is 5.13 Å². The van der Waals surface area contributed by atoms with E-state index in [0.717, 1.165) is 11.3 Å². The van der Waals surface area contributed by atoms with Gasteiger partial charge in [-0.3, -0.25) is 5.43 Å². The Morgan fingerprint density at radius 1 is 1.38 bits per heavy atom. The summed E-state index contributed by atoms with van der Waals surface area (Å²) in [6, 6.07) is 6.54. The average molecular weight is 235 g/mol.